The van der Waals surface area contributed by atoms with Gasteiger partial charge in [-0.3, -0.25) is 0 Å². The summed E-state index contributed by atoms with van der Waals surface area (Å²) in [4.78, 5) is 0. The summed E-state index contributed by atoms with van der Waals surface area (Å²) < 4.78 is 49.4. The van der Waals surface area contributed by atoms with Gasteiger partial charge >= 0.3 is 6.18 Å². The van der Waals surface area contributed by atoms with Crippen LogP contribution in [0.15, 0.2) is 24.3 Å². The second-order valence-electron chi connectivity index (χ2n) is 2.73. The zero-order valence-corrected chi connectivity index (χ0v) is 7.35. The highest BCUT2D eigenvalue weighted by molar-refractivity contribution is 5.53. The molecular weight excluding hydrogens is 210 g/mol. The fraction of sp³-hybridized carbons (Fsp3) is 0.100. The Kier molecular flexibility index (Phi) is 3.10. The second kappa shape index (κ2) is 4.13. The van der Waals surface area contributed by atoms with Gasteiger partial charge in [-0.05, 0) is 29.8 Å². The van der Waals surface area contributed by atoms with E-state index in [4.69, 9.17) is 5.26 Å². The maximum absolute atomic E-state index is 12.8. The summed E-state index contributed by atoms with van der Waals surface area (Å²) in [5.41, 5.74) is -1.07. The van der Waals surface area contributed by atoms with Crippen LogP contribution in [0.3, 0.4) is 0 Å². The van der Waals surface area contributed by atoms with E-state index in [1.54, 1.807) is 6.07 Å². The normalized spacial score (nSPS) is 11.7. The number of alkyl halides is 3. The Bertz CT molecular complexity index is 426. The summed E-state index contributed by atoms with van der Waals surface area (Å²) in [5.74, 6) is -0.984. The van der Waals surface area contributed by atoms with Crippen LogP contribution in [0.1, 0.15) is 11.1 Å². The molecule has 1 aromatic carbocycles. The lowest BCUT2D eigenvalue weighted by Gasteiger charge is -2.07. The Morgan fingerprint density at radius 3 is 2.40 bits per heavy atom. The van der Waals surface area contributed by atoms with Crippen LogP contribution in [0.25, 0.3) is 6.08 Å². The molecule has 0 aliphatic rings. The van der Waals surface area contributed by atoms with Crippen molar-refractivity contribution in [2.24, 2.45) is 0 Å². The van der Waals surface area contributed by atoms with Gasteiger partial charge in [0, 0.05) is 6.08 Å². The molecule has 0 radical (unpaired) electrons. The van der Waals surface area contributed by atoms with Crippen molar-refractivity contribution in [2.45, 2.75) is 6.18 Å². The summed E-state index contributed by atoms with van der Waals surface area (Å²) in [7, 11) is 0. The number of benzene rings is 1. The van der Waals surface area contributed by atoms with E-state index in [1.165, 1.54) is 0 Å². The van der Waals surface area contributed by atoms with Crippen LogP contribution in [-0.2, 0) is 6.18 Å². The van der Waals surface area contributed by atoms with Gasteiger partial charge in [-0.1, -0.05) is 0 Å². The summed E-state index contributed by atoms with van der Waals surface area (Å²) in [5, 5.41) is 8.17. The molecule has 0 amide bonds. The lowest BCUT2D eigenvalue weighted by atomic mass is 10.1. The highest BCUT2D eigenvalue weighted by Crippen LogP contribution is 2.30. The van der Waals surface area contributed by atoms with E-state index in [9.17, 15) is 17.6 Å². The lowest BCUT2D eigenvalue weighted by molar-refractivity contribution is -0.137. The van der Waals surface area contributed by atoms with Crippen LogP contribution in [0.4, 0.5) is 17.6 Å². The molecule has 1 nitrogen and oxygen atoms in total. The van der Waals surface area contributed by atoms with Crippen molar-refractivity contribution in [3.63, 3.8) is 0 Å². The Morgan fingerprint density at radius 1 is 1.20 bits per heavy atom. The van der Waals surface area contributed by atoms with Crippen molar-refractivity contribution in [2.75, 3.05) is 0 Å². The van der Waals surface area contributed by atoms with Gasteiger partial charge in [0.05, 0.1) is 11.6 Å². The summed E-state index contributed by atoms with van der Waals surface area (Å²) in [6, 6.07) is 3.71. The Balaban J connectivity index is 3.18. The number of halogens is 4. The van der Waals surface area contributed by atoms with Gasteiger partial charge < -0.3 is 0 Å². The van der Waals surface area contributed by atoms with Crippen molar-refractivity contribution < 1.29 is 17.6 Å². The number of rotatable bonds is 1. The average molecular weight is 215 g/mol. The van der Waals surface area contributed by atoms with E-state index in [0.717, 1.165) is 24.3 Å². The zero-order valence-electron chi connectivity index (χ0n) is 7.35. The van der Waals surface area contributed by atoms with Crippen molar-refractivity contribution in [3.8, 4) is 6.07 Å². The molecule has 0 fully saturated rings. The van der Waals surface area contributed by atoms with Crippen LogP contribution in [0, 0.1) is 17.1 Å². The van der Waals surface area contributed by atoms with Crippen LogP contribution in [0.5, 0.6) is 0 Å². The van der Waals surface area contributed by atoms with Gasteiger partial charge in [0.1, 0.15) is 5.82 Å². The molecule has 0 atom stereocenters. The Hall–Kier alpha value is -1.83. The molecule has 1 aromatic rings. The number of allylic oxidation sites excluding steroid dienone is 1. The average Bonchev–Trinajstić information content (AvgIpc) is 2.12. The van der Waals surface area contributed by atoms with Crippen LogP contribution < -0.4 is 0 Å². The Labute approximate surface area is 83.3 Å². The third-order valence-corrected chi connectivity index (χ3v) is 1.60. The molecule has 0 aliphatic carbocycles. The first-order valence-electron chi connectivity index (χ1n) is 3.87. The Morgan fingerprint density at radius 2 is 1.87 bits per heavy atom. The minimum atomic E-state index is -4.59. The predicted octanol–water partition coefficient (Wildman–Crippen LogP) is 3.38. The first-order chi connectivity index (χ1) is 6.93. The SMILES string of the molecule is N#CC=Cc1cc(F)cc(C(F)(F)F)c1. The number of nitriles is 1. The fourth-order valence-electron chi connectivity index (χ4n) is 1.01. The molecule has 1 rings (SSSR count). The third kappa shape index (κ3) is 3.09. The van der Waals surface area contributed by atoms with Gasteiger partial charge in [-0.25, -0.2) is 4.39 Å². The van der Waals surface area contributed by atoms with Gasteiger partial charge in [0.15, 0.2) is 0 Å². The van der Waals surface area contributed by atoms with Crippen molar-refractivity contribution >= 4 is 6.08 Å². The fourth-order valence-corrected chi connectivity index (χ4v) is 1.01. The van der Waals surface area contributed by atoms with E-state index < -0.39 is 17.6 Å². The third-order valence-electron chi connectivity index (χ3n) is 1.60. The van der Waals surface area contributed by atoms with Crippen LogP contribution in [-0.4, -0.2) is 0 Å². The van der Waals surface area contributed by atoms with Crippen LogP contribution >= 0.6 is 0 Å². The molecule has 0 bridgehead atoms. The zero-order chi connectivity index (χ0) is 11.5. The molecular formula is C10H5F4N. The predicted molar refractivity (Wildman–Crippen MR) is 46.0 cm³/mol. The highest BCUT2D eigenvalue weighted by atomic mass is 19.4. The standard InChI is InChI=1S/C10H5F4N/c11-9-5-7(2-1-3-15)4-8(6-9)10(12,13)14/h1-2,4-6H. The maximum Gasteiger partial charge on any atom is 0.416 e. The van der Waals surface area contributed by atoms with E-state index in [1.807, 2.05) is 0 Å². The van der Waals surface area contributed by atoms with Crippen LogP contribution in [0.2, 0.25) is 0 Å². The van der Waals surface area contributed by atoms with E-state index in [0.29, 0.717) is 6.07 Å². The van der Waals surface area contributed by atoms with Crippen molar-refractivity contribution in [1.29, 1.82) is 5.26 Å². The molecule has 15 heavy (non-hydrogen) atoms. The molecule has 0 N–H and O–H groups in total. The highest BCUT2D eigenvalue weighted by Gasteiger charge is 2.31. The minimum absolute atomic E-state index is 0.00359. The van der Waals surface area contributed by atoms with Gasteiger partial charge in [-0.15, -0.1) is 0 Å². The number of hydrogen-bond acceptors (Lipinski definition) is 1. The molecule has 0 aromatic heterocycles. The minimum Gasteiger partial charge on any atom is -0.207 e. The summed E-state index contributed by atoms with van der Waals surface area (Å²) in [6.45, 7) is 0. The molecule has 0 heterocycles. The topological polar surface area (TPSA) is 23.8 Å². The maximum atomic E-state index is 12.8. The van der Waals surface area contributed by atoms with Crippen molar-refractivity contribution in [1.82, 2.24) is 0 Å². The summed E-state index contributed by atoms with van der Waals surface area (Å²) >= 11 is 0. The van der Waals surface area contributed by atoms with E-state index >= 15 is 0 Å². The first kappa shape index (κ1) is 11.2. The molecule has 78 valence electrons. The van der Waals surface area contributed by atoms with E-state index in [2.05, 4.69) is 0 Å². The van der Waals surface area contributed by atoms with Gasteiger partial charge in [0.25, 0.3) is 0 Å². The summed E-state index contributed by atoms with van der Waals surface area (Å²) in [6.07, 6.45) is -2.50. The molecule has 0 spiro atoms. The molecule has 0 aliphatic heterocycles. The first-order valence-corrected chi connectivity index (χ1v) is 3.87. The van der Waals surface area contributed by atoms with E-state index in [-0.39, 0.29) is 5.56 Å². The molecule has 0 unspecified atom stereocenters. The monoisotopic (exact) mass is 215 g/mol. The number of hydrogen-bond donors (Lipinski definition) is 0. The lowest BCUT2D eigenvalue weighted by Crippen LogP contribution is -2.05. The van der Waals surface area contributed by atoms with Crippen molar-refractivity contribution in [3.05, 3.63) is 41.2 Å². The quantitative estimate of drug-likeness (QED) is 0.520. The molecule has 0 saturated carbocycles. The molecule has 5 heteroatoms. The van der Waals surface area contributed by atoms with Gasteiger partial charge in [-0.2, -0.15) is 18.4 Å². The largest absolute Gasteiger partial charge is 0.416 e. The smallest absolute Gasteiger partial charge is 0.207 e. The number of nitrogens with zero attached hydrogens (tertiary/aromatic N) is 1. The van der Waals surface area contributed by atoms with Gasteiger partial charge in [0.2, 0.25) is 0 Å². The second-order valence-corrected chi connectivity index (χ2v) is 2.73. The molecule has 0 saturated heterocycles.